The van der Waals surface area contributed by atoms with E-state index in [1.54, 1.807) is 0 Å². The summed E-state index contributed by atoms with van der Waals surface area (Å²) in [6.07, 6.45) is 2.40. The minimum atomic E-state index is -1.06. The van der Waals surface area contributed by atoms with Gasteiger partial charge in [0.1, 0.15) is 0 Å². The van der Waals surface area contributed by atoms with Crippen molar-refractivity contribution in [2.45, 2.75) is 9.32 Å². The number of hydrogen-bond acceptors (Lipinski definition) is 4. The molecule has 0 saturated heterocycles. The van der Waals surface area contributed by atoms with Crippen molar-refractivity contribution >= 4 is 40.9 Å². The average Bonchev–Trinajstić information content (AvgIpc) is 2.04. The maximum absolute atomic E-state index is 10.4. The molecule has 0 aliphatic rings. The van der Waals surface area contributed by atoms with E-state index >= 15 is 0 Å². The van der Waals surface area contributed by atoms with Gasteiger partial charge in [0, 0.05) is 12.4 Å². The zero-order valence-electron chi connectivity index (χ0n) is 6.15. The molecule has 4 nitrogen and oxygen atoms in total. The first-order valence-electron chi connectivity index (χ1n) is 3.09. The lowest BCUT2D eigenvalue weighted by Gasteiger charge is -1.98. The van der Waals surface area contributed by atoms with Crippen LogP contribution in [-0.4, -0.2) is 25.2 Å². The third-order valence-corrected chi connectivity index (χ3v) is 2.20. The molecule has 13 heavy (non-hydrogen) atoms. The highest BCUT2D eigenvalue weighted by Crippen LogP contribution is 2.24. The maximum Gasteiger partial charge on any atom is 0.338 e. The van der Waals surface area contributed by atoms with Crippen LogP contribution < -0.4 is 0 Å². The van der Waals surface area contributed by atoms with Gasteiger partial charge in [0.25, 0.3) is 0 Å². The Hall–Kier alpha value is -0.520. The van der Waals surface area contributed by atoms with Crippen LogP contribution in [0.25, 0.3) is 0 Å². The molecule has 0 amide bonds. The fourth-order valence-electron chi connectivity index (χ4n) is 0.567. The lowest BCUT2D eigenvalue weighted by molar-refractivity contribution is 0.0695. The number of alkyl halides is 2. The topological polar surface area (TPSA) is 63.1 Å². The zero-order valence-corrected chi connectivity index (χ0v) is 8.47. The van der Waals surface area contributed by atoms with Gasteiger partial charge in [-0.05, 0) is 0 Å². The molecule has 1 aromatic heterocycles. The Morgan fingerprint density at radius 3 is 2.38 bits per heavy atom. The molecular weight excluding hydrogens is 235 g/mol. The van der Waals surface area contributed by atoms with Crippen LogP contribution in [0, 0.1) is 0 Å². The number of hydrogen-bond donors (Lipinski definition) is 1. The third kappa shape index (κ3) is 3.38. The monoisotopic (exact) mass is 238 g/mol. The summed E-state index contributed by atoms with van der Waals surface area (Å²) in [5.41, 5.74) is 0.0324. The third-order valence-electron chi connectivity index (χ3n) is 1.07. The van der Waals surface area contributed by atoms with Gasteiger partial charge in [-0.3, -0.25) is 0 Å². The largest absolute Gasteiger partial charge is 0.478 e. The molecule has 0 unspecified atom stereocenters. The molecule has 0 fully saturated rings. The van der Waals surface area contributed by atoms with E-state index in [1.807, 2.05) is 0 Å². The minimum absolute atomic E-state index is 0.0324. The molecule has 1 heterocycles. The number of thioether (sulfide) groups is 1. The number of carbonyl (C=O) groups is 1. The first-order valence-corrected chi connectivity index (χ1v) is 4.85. The summed E-state index contributed by atoms with van der Waals surface area (Å²) in [6.45, 7) is 0. The number of aromatic carboxylic acids is 1. The second-order valence-electron chi connectivity index (χ2n) is 1.94. The van der Waals surface area contributed by atoms with Gasteiger partial charge in [-0.1, -0.05) is 35.0 Å². The Kier molecular flexibility index (Phi) is 3.77. The van der Waals surface area contributed by atoms with E-state index in [0.717, 1.165) is 11.8 Å². The Morgan fingerprint density at radius 1 is 1.46 bits per heavy atom. The highest BCUT2D eigenvalue weighted by atomic mass is 35.5. The zero-order chi connectivity index (χ0) is 9.84. The fourth-order valence-corrected chi connectivity index (χ4v) is 1.43. The lowest BCUT2D eigenvalue weighted by atomic mass is 10.4. The molecule has 7 heteroatoms. The van der Waals surface area contributed by atoms with Crippen molar-refractivity contribution < 1.29 is 9.90 Å². The van der Waals surface area contributed by atoms with Gasteiger partial charge < -0.3 is 5.11 Å². The molecule has 1 aromatic rings. The molecule has 70 valence electrons. The Labute approximate surface area is 88.3 Å². The standard InChI is InChI=1S/C6H4Cl2N2O2S/c7-5(8)13-6-9-1-3(2-10-6)4(11)12/h1-2,5H,(H,11,12). The van der Waals surface area contributed by atoms with Gasteiger partial charge in [-0.2, -0.15) is 0 Å². The minimum Gasteiger partial charge on any atom is -0.478 e. The van der Waals surface area contributed by atoms with Crippen molar-refractivity contribution in [1.82, 2.24) is 9.97 Å². The summed E-state index contributed by atoms with van der Waals surface area (Å²) in [5.74, 6) is -1.06. The van der Waals surface area contributed by atoms with Crippen molar-refractivity contribution in [3.63, 3.8) is 0 Å². The van der Waals surface area contributed by atoms with E-state index in [4.69, 9.17) is 28.3 Å². The van der Waals surface area contributed by atoms with Gasteiger partial charge in [-0.25, -0.2) is 14.8 Å². The Bertz CT molecular complexity index is 304. The summed E-state index contributed by atoms with van der Waals surface area (Å²) in [7, 11) is 0. The van der Waals surface area contributed by atoms with E-state index in [-0.39, 0.29) is 5.56 Å². The van der Waals surface area contributed by atoms with Crippen LogP contribution >= 0.6 is 35.0 Å². The van der Waals surface area contributed by atoms with Gasteiger partial charge in [0.15, 0.2) is 9.32 Å². The van der Waals surface area contributed by atoms with Gasteiger partial charge in [0.2, 0.25) is 0 Å². The maximum atomic E-state index is 10.4. The molecule has 0 saturated carbocycles. The summed E-state index contributed by atoms with van der Waals surface area (Å²) in [5, 5.41) is 8.87. The van der Waals surface area contributed by atoms with E-state index < -0.39 is 10.1 Å². The lowest BCUT2D eigenvalue weighted by Crippen LogP contribution is -1.99. The van der Waals surface area contributed by atoms with Gasteiger partial charge >= 0.3 is 5.97 Å². The summed E-state index contributed by atoms with van der Waals surface area (Å²) in [4.78, 5) is 17.9. The molecule has 0 spiro atoms. The highest BCUT2D eigenvalue weighted by molar-refractivity contribution is 8.02. The van der Waals surface area contributed by atoms with Crippen LogP contribution in [0.1, 0.15) is 10.4 Å². The van der Waals surface area contributed by atoms with E-state index in [1.165, 1.54) is 12.4 Å². The van der Waals surface area contributed by atoms with Crippen molar-refractivity contribution in [3.8, 4) is 0 Å². The second-order valence-corrected chi connectivity index (χ2v) is 4.62. The number of rotatable bonds is 3. The number of nitrogens with zero attached hydrogens (tertiary/aromatic N) is 2. The summed E-state index contributed by atoms with van der Waals surface area (Å²) >= 11 is 11.9. The molecule has 0 aliphatic carbocycles. The predicted molar refractivity (Wildman–Crippen MR) is 50.3 cm³/mol. The molecule has 0 bridgehead atoms. The number of halogens is 2. The number of carboxylic acid groups (broad SMARTS) is 1. The van der Waals surface area contributed by atoms with Crippen molar-refractivity contribution in [2.24, 2.45) is 0 Å². The molecule has 0 aliphatic heterocycles. The SMILES string of the molecule is O=C(O)c1cnc(SC(Cl)Cl)nc1. The smallest absolute Gasteiger partial charge is 0.338 e. The molecule has 1 rings (SSSR count). The first kappa shape index (κ1) is 10.6. The van der Waals surface area contributed by atoms with E-state index in [2.05, 4.69) is 9.97 Å². The van der Waals surface area contributed by atoms with Crippen LogP contribution in [0.4, 0.5) is 0 Å². The molecule has 0 atom stereocenters. The summed E-state index contributed by atoms with van der Waals surface area (Å²) in [6, 6.07) is 0. The Morgan fingerprint density at radius 2 is 2.00 bits per heavy atom. The van der Waals surface area contributed by atoms with E-state index in [9.17, 15) is 4.79 Å². The van der Waals surface area contributed by atoms with Gasteiger partial charge in [0.05, 0.1) is 5.56 Å². The van der Waals surface area contributed by atoms with Crippen LogP contribution in [0.2, 0.25) is 0 Å². The van der Waals surface area contributed by atoms with Crippen molar-refractivity contribution in [2.75, 3.05) is 0 Å². The van der Waals surface area contributed by atoms with Crippen molar-refractivity contribution in [1.29, 1.82) is 0 Å². The van der Waals surface area contributed by atoms with Crippen LogP contribution in [0.5, 0.6) is 0 Å². The highest BCUT2D eigenvalue weighted by Gasteiger charge is 2.07. The van der Waals surface area contributed by atoms with Crippen LogP contribution in [0.15, 0.2) is 17.6 Å². The normalized spacial score (nSPS) is 10.4. The molecular formula is C6H4Cl2N2O2S. The van der Waals surface area contributed by atoms with Crippen LogP contribution in [-0.2, 0) is 0 Å². The Balaban J connectivity index is 2.75. The molecule has 0 aromatic carbocycles. The quantitative estimate of drug-likeness (QED) is 0.496. The summed E-state index contributed by atoms with van der Waals surface area (Å²) < 4.78 is -0.657. The molecule has 0 radical (unpaired) electrons. The first-order chi connectivity index (χ1) is 6.09. The fraction of sp³-hybridized carbons (Fsp3) is 0.167. The number of carboxylic acids is 1. The van der Waals surface area contributed by atoms with Gasteiger partial charge in [-0.15, -0.1) is 0 Å². The number of aromatic nitrogens is 2. The average molecular weight is 239 g/mol. The predicted octanol–water partition coefficient (Wildman–Crippen LogP) is 2.03. The van der Waals surface area contributed by atoms with E-state index in [0.29, 0.717) is 5.16 Å². The van der Waals surface area contributed by atoms with Crippen LogP contribution in [0.3, 0.4) is 0 Å². The van der Waals surface area contributed by atoms with Crippen molar-refractivity contribution in [3.05, 3.63) is 18.0 Å². The molecule has 1 N–H and O–H groups in total. The second kappa shape index (κ2) is 4.64.